The molecule has 1 atom stereocenters. The Morgan fingerprint density at radius 1 is 1.91 bits per heavy atom. The zero-order chi connectivity index (χ0) is 8.69. The Hall–Kier alpha value is -1.26. The van der Waals surface area contributed by atoms with Crippen LogP contribution in [0.25, 0.3) is 0 Å². The summed E-state index contributed by atoms with van der Waals surface area (Å²) in [5.41, 5.74) is 0. The Morgan fingerprint density at radius 3 is 2.91 bits per heavy atom. The molecule has 1 unspecified atom stereocenters. The number of hydrazone groups is 1. The van der Waals surface area contributed by atoms with Gasteiger partial charge in [-0.1, -0.05) is 13.3 Å². The number of hydrogen-bond donors (Lipinski definition) is 3. The number of aliphatic carboxylic acids is 1. The number of carboxylic acid groups (broad SMARTS) is 1. The third-order valence-corrected chi connectivity index (χ3v) is 1.23. The van der Waals surface area contributed by atoms with Gasteiger partial charge in [-0.2, -0.15) is 5.10 Å². The van der Waals surface area contributed by atoms with Crippen molar-refractivity contribution in [2.24, 2.45) is 10.9 Å². The summed E-state index contributed by atoms with van der Waals surface area (Å²) in [7, 11) is 0. The van der Waals surface area contributed by atoms with Crippen molar-refractivity contribution in [3.63, 3.8) is 0 Å². The lowest BCUT2D eigenvalue weighted by atomic mass is 10.2. The van der Waals surface area contributed by atoms with Gasteiger partial charge in [0.1, 0.15) is 12.4 Å². The summed E-state index contributed by atoms with van der Waals surface area (Å²) in [6.07, 6.45) is 2.57. The molecule has 0 heterocycles. The van der Waals surface area contributed by atoms with Crippen molar-refractivity contribution in [3.8, 4) is 0 Å². The second-order valence-corrected chi connectivity index (χ2v) is 2.12. The van der Waals surface area contributed by atoms with Crippen LogP contribution in [0.15, 0.2) is 5.10 Å². The van der Waals surface area contributed by atoms with E-state index in [-0.39, 0.29) is 0 Å². The number of carbonyl (C=O) groups is 1. The van der Waals surface area contributed by atoms with E-state index in [1.165, 1.54) is 6.34 Å². The SMILES string of the molecule is CCCC(NC=NN)C(=O)O. The van der Waals surface area contributed by atoms with Crippen LogP contribution in [0.1, 0.15) is 19.8 Å². The lowest BCUT2D eigenvalue weighted by molar-refractivity contribution is -0.139. The second kappa shape index (κ2) is 5.52. The van der Waals surface area contributed by atoms with Gasteiger partial charge in [-0.25, -0.2) is 4.79 Å². The molecule has 5 nitrogen and oxygen atoms in total. The summed E-state index contributed by atoms with van der Waals surface area (Å²) in [4.78, 5) is 10.4. The highest BCUT2D eigenvalue weighted by Gasteiger charge is 2.13. The summed E-state index contributed by atoms with van der Waals surface area (Å²) < 4.78 is 0. The molecule has 11 heavy (non-hydrogen) atoms. The average molecular weight is 159 g/mol. The van der Waals surface area contributed by atoms with Gasteiger partial charge < -0.3 is 16.3 Å². The van der Waals surface area contributed by atoms with Gasteiger partial charge in [0.2, 0.25) is 0 Å². The van der Waals surface area contributed by atoms with Gasteiger partial charge in [-0.05, 0) is 6.42 Å². The summed E-state index contributed by atoms with van der Waals surface area (Å²) in [6.45, 7) is 1.91. The number of nitrogens with one attached hydrogen (secondary N) is 1. The molecule has 0 aromatic rings. The zero-order valence-corrected chi connectivity index (χ0v) is 6.45. The molecular formula is C6H13N3O2. The van der Waals surface area contributed by atoms with Crippen molar-refractivity contribution in [1.29, 1.82) is 0 Å². The summed E-state index contributed by atoms with van der Waals surface area (Å²) in [5, 5.41) is 14.3. The van der Waals surface area contributed by atoms with Crippen molar-refractivity contribution in [3.05, 3.63) is 0 Å². The zero-order valence-electron chi connectivity index (χ0n) is 6.45. The largest absolute Gasteiger partial charge is 0.480 e. The smallest absolute Gasteiger partial charge is 0.326 e. The average Bonchev–Trinajstić information content (AvgIpc) is 1.97. The van der Waals surface area contributed by atoms with E-state index in [9.17, 15) is 4.79 Å². The maximum atomic E-state index is 10.4. The van der Waals surface area contributed by atoms with E-state index in [0.29, 0.717) is 6.42 Å². The lowest BCUT2D eigenvalue weighted by Crippen LogP contribution is -2.35. The van der Waals surface area contributed by atoms with Gasteiger partial charge in [0.25, 0.3) is 0 Å². The van der Waals surface area contributed by atoms with E-state index in [4.69, 9.17) is 10.9 Å². The first-order chi connectivity index (χ1) is 5.22. The molecule has 0 radical (unpaired) electrons. The highest BCUT2D eigenvalue weighted by Crippen LogP contribution is 1.94. The second-order valence-electron chi connectivity index (χ2n) is 2.12. The van der Waals surface area contributed by atoms with Crippen molar-refractivity contribution >= 4 is 12.3 Å². The molecule has 0 amide bonds. The highest BCUT2D eigenvalue weighted by atomic mass is 16.4. The van der Waals surface area contributed by atoms with Crippen LogP contribution in [0.5, 0.6) is 0 Å². The van der Waals surface area contributed by atoms with Crippen molar-refractivity contribution in [2.75, 3.05) is 0 Å². The summed E-state index contributed by atoms with van der Waals surface area (Å²) >= 11 is 0. The Bertz CT molecular complexity index is 147. The van der Waals surface area contributed by atoms with Crippen molar-refractivity contribution in [1.82, 2.24) is 5.32 Å². The molecule has 0 rings (SSSR count). The molecule has 4 N–H and O–H groups in total. The molecular weight excluding hydrogens is 146 g/mol. The first-order valence-electron chi connectivity index (χ1n) is 3.43. The topological polar surface area (TPSA) is 87.7 Å². The van der Waals surface area contributed by atoms with Crippen LogP contribution in [0.4, 0.5) is 0 Å². The molecule has 0 saturated carbocycles. The van der Waals surface area contributed by atoms with Crippen molar-refractivity contribution in [2.45, 2.75) is 25.8 Å². The van der Waals surface area contributed by atoms with Crippen LogP contribution in [0, 0.1) is 0 Å². The molecule has 0 aromatic heterocycles. The van der Waals surface area contributed by atoms with E-state index < -0.39 is 12.0 Å². The fraction of sp³-hybridized carbons (Fsp3) is 0.667. The summed E-state index contributed by atoms with van der Waals surface area (Å²) in [6, 6.07) is -0.577. The molecule has 0 spiro atoms. The van der Waals surface area contributed by atoms with Gasteiger partial charge in [-0.15, -0.1) is 0 Å². The molecule has 64 valence electrons. The highest BCUT2D eigenvalue weighted by molar-refractivity contribution is 5.76. The Morgan fingerprint density at radius 2 is 2.55 bits per heavy atom. The fourth-order valence-corrected chi connectivity index (χ4v) is 0.700. The molecule has 0 aliphatic heterocycles. The molecule has 0 aromatic carbocycles. The van der Waals surface area contributed by atoms with Crippen LogP contribution in [-0.2, 0) is 4.79 Å². The Balaban J connectivity index is 3.79. The van der Waals surface area contributed by atoms with Gasteiger partial charge in [0.15, 0.2) is 0 Å². The minimum absolute atomic E-state index is 0.571. The van der Waals surface area contributed by atoms with E-state index >= 15 is 0 Å². The predicted octanol–water partition coefficient (Wildman–Crippen LogP) is -0.269. The minimum atomic E-state index is -0.883. The first-order valence-corrected chi connectivity index (χ1v) is 3.43. The maximum absolute atomic E-state index is 10.4. The number of nitrogens with zero attached hydrogens (tertiary/aromatic N) is 1. The fourth-order valence-electron chi connectivity index (χ4n) is 0.700. The normalized spacial score (nSPS) is 13.2. The monoisotopic (exact) mass is 159 g/mol. The van der Waals surface area contributed by atoms with Gasteiger partial charge in [0, 0.05) is 0 Å². The quantitative estimate of drug-likeness (QED) is 0.223. The first kappa shape index (κ1) is 9.74. The molecule has 5 heteroatoms. The molecule has 0 saturated heterocycles. The van der Waals surface area contributed by atoms with Crippen LogP contribution < -0.4 is 11.2 Å². The maximum Gasteiger partial charge on any atom is 0.326 e. The summed E-state index contributed by atoms with van der Waals surface area (Å²) in [5.74, 6) is 3.90. The van der Waals surface area contributed by atoms with Crippen LogP contribution in [-0.4, -0.2) is 23.5 Å². The molecule has 0 aliphatic carbocycles. The molecule has 0 aliphatic rings. The van der Waals surface area contributed by atoms with Crippen molar-refractivity contribution < 1.29 is 9.90 Å². The van der Waals surface area contributed by atoms with Gasteiger partial charge in [-0.3, -0.25) is 0 Å². The van der Waals surface area contributed by atoms with E-state index in [2.05, 4.69) is 10.4 Å². The van der Waals surface area contributed by atoms with Gasteiger partial charge >= 0.3 is 5.97 Å². The van der Waals surface area contributed by atoms with Gasteiger partial charge in [0.05, 0.1) is 0 Å². The predicted molar refractivity (Wildman–Crippen MR) is 42.1 cm³/mol. The third kappa shape index (κ3) is 4.19. The molecule has 0 bridgehead atoms. The third-order valence-electron chi connectivity index (χ3n) is 1.23. The number of nitrogens with two attached hydrogens (primary N) is 1. The van der Waals surface area contributed by atoms with Crippen LogP contribution in [0.3, 0.4) is 0 Å². The number of carboxylic acids is 1. The minimum Gasteiger partial charge on any atom is -0.480 e. The number of rotatable bonds is 5. The molecule has 0 fully saturated rings. The Kier molecular flexibility index (Phi) is 4.89. The lowest BCUT2D eigenvalue weighted by Gasteiger charge is -2.09. The Labute approximate surface area is 65.3 Å². The number of hydrogen-bond acceptors (Lipinski definition) is 3. The van der Waals surface area contributed by atoms with Crippen LogP contribution in [0.2, 0.25) is 0 Å². The van der Waals surface area contributed by atoms with E-state index in [0.717, 1.165) is 6.42 Å². The van der Waals surface area contributed by atoms with E-state index in [1.807, 2.05) is 6.92 Å². The van der Waals surface area contributed by atoms with E-state index in [1.54, 1.807) is 0 Å². The standard InChI is InChI=1S/C6H13N3O2/c1-2-3-5(6(10)11)8-4-9-7/h4-5H,2-3,7H2,1H3,(H,8,9)(H,10,11). The van der Waals surface area contributed by atoms with Crippen LogP contribution >= 0.6 is 0 Å².